The molecule has 0 heterocycles. The van der Waals surface area contributed by atoms with Gasteiger partial charge < -0.3 is 4.74 Å². The zero-order valence-corrected chi connectivity index (χ0v) is 12.0. The normalized spacial score (nSPS) is 10.8. The van der Waals surface area contributed by atoms with Crippen LogP contribution in [-0.4, -0.2) is 12.6 Å². The van der Waals surface area contributed by atoms with Crippen molar-refractivity contribution in [3.05, 3.63) is 0 Å². The molecule has 2 nitrogen and oxygen atoms in total. The smallest absolute Gasteiger partial charge is 0.306 e. The molecule has 0 saturated heterocycles. The van der Waals surface area contributed by atoms with Crippen LogP contribution in [0.3, 0.4) is 0 Å². The average molecular weight is 242 g/mol. The van der Waals surface area contributed by atoms with E-state index in [0.29, 0.717) is 18.9 Å². The topological polar surface area (TPSA) is 26.3 Å². The van der Waals surface area contributed by atoms with E-state index < -0.39 is 0 Å². The quantitative estimate of drug-likeness (QED) is 0.387. The first-order valence-electron chi connectivity index (χ1n) is 7.32. The maximum Gasteiger partial charge on any atom is 0.306 e. The van der Waals surface area contributed by atoms with Crippen LogP contribution in [0.2, 0.25) is 0 Å². The Hall–Kier alpha value is -0.530. The molecular weight excluding hydrogens is 212 g/mol. The van der Waals surface area contributed by atoms with Crippen molar-refractivity contribution in [1.82, 2.24) is 0 Å². The summed E-state index contributed by atoms with van der Waals surface area (Å²) in [6.07, 6.45) is 10.8. The third kappa shape index (κ3) is 13.4. The molecule has 0 aliphatic heterocycles. The Morgan fingerprint density at radius 1 is 0.941 bits per heavy atom. The molecule has 0 radical (unpaired) electrons. The summed E-state index contributed by atoms with van der Waals surface area (Å²) in [6.45, 7) is 6.93. The van der Waals surface area contributed by atoms with E-state index in [4.69, 9.17) is 4.74 Å². The van der Waals surface area contributed by atoms with E-state index in [1.165, 1.54) is 44.9 Å². The highest BCUT2D eigenvalue weighted by atomic mass is 16.5. The lowest BCUT2D eigenvalue weighted by Crippen LogP contribution is -2.08. The van der Waals surface area contributed by atoms with Crippen LogP contribution in [0, 0.1) is 5.92 Å². The van der Waals surface area contributed by atoms with Crippen molar-refractivity contribution in [2.75, 3.05) is 6.61 Å². The minimum atomic E-state index is -0.0389. The van der Waals surface area contributed by atoms with Gasteiger partial charge in [0.2, 0.25) is 0 Å². The summed E-state index contributed by atoms with van der Waals surface area (Å²) in [5.74, 6) is 0.365. The predicted octanol–water partition coefficient (Wildman–Crippen LogP) is 4.72. The minimum Gasteiger partial charge on any atom is -0.466 e. The van der Waals surface area contributed by atoms with Crippen LogP contribution < -0.4 is 0 Å². The van der Waals surface area contributed by atoms with Crippen molar-refractivity contribution in [2.45, 2.75) is 78.6 Å². The second kappa shape index (κ2) is 11.9. The lowest BCUT2D eigenvalue weighted by Gasteiger charge is -2.06. The summed E-state index contributed by atoms with van der Waals surface area (Å²) >= 11 is 0. The van der Waals surface area contributed by atoms with Crippen LogP contribution in [0.25, 0.3) is 0 Å². The molecule has 102 valence electrons. The molecule has 0 unspecified atom stereocenters. The van der Waals surface area contributed by atoms with Crippen LogP contribution in [0.4, 0.5) is 0 Å². The maximum absolute atomic E-state index is 11.2. The van der Waals surface area contributed by atoms with Gasteiger partial charge in [0.25, 0.3) is 0 Å². The molecule has 0 N–H and O–H groups in total. The van der Waals surface area contributed by atoms with Crippen LogP contribution >= 0.6 is 0 Å². The van der Waals surface area contributed by atoms with Gasteiger partial charge in [0.05, 0.1) is 6.61 Å². The van der Waals surface area contributed by atoms with Gasteiger partial charge in [-0.05, 0) is 12.3 Å². The van der Waals surface area contributed by atoms with Gasteiger partial charge in [-0.2, -0.15) is 0 Å². The molecule has 0 rings (SSSR count). The van der Waals surface area contributed by atoms with E-state index in [2.05, 4.69) is 6.92 Å². The molecule has 0 aliphatic carbocycles. The first-order valence-corrected chi connectivity index (χ1v) is 7.32. The monoisotopic (exact) mass is 242 g/mol. The maximum atomic E-state index is 11.2. The van der Waals surface area contributed by atoms with Gasteiger partial charge in [-0.3, -0.25) is 4.79 Å². The molecule has 0 saturated carbocycles. The lowest BCUT2D eigenvalue weighted by atomic mass is 10.1. The van der Waals surface area contributed by atoms with Crippen molar-refractivity contribution in [2.24, 2.45) is 5.92 Å². The van der Waals surface area contributed by atoms with Gasteiger partial charge in [0, 0.05) is 6.42 Å². The fraction of sp³-hybridized carbons (Fsp3) is 0.933. The molecule has 0 bridgehead atoms. The van der Waals surface area contributed by atoms with Gasteiger partial charge in [-0.1, -0.05) is 65.7 Å². The number of rotatable bonds is 11. The van der Waals surface area contributed by atoms with Crippen molar-refractivity contribution in [1.29, 1.82) is 0 Å². The second-order valence-electron chi connectivity index (χ2n) is 5.29. The first-order chi connectivity index (χ1) is 8.16. The molecule has 0 spiro atoms. The Morgan fingerprint density at radius 3 is 2.00 bits per heavy atom. The highest BCUT2D eigenvalue weighted by Crippen LogP contribution is 2.08. The Kier molecular flexibility index (Phi) is 11.6. The van der Waals surface area contributed by atoms with E-state index in [1.807, 2.05) is 13.8 Å². The van der Waals surface area contributed by atoms with E-state index in [-0.39, 0.29) is 5.97 Å². The number of carbonyl (C=O) groups is 1. The molecule has 0 fully saturated rings. The van der Waals surface area contributed by atoms with E-state index >= 15 is 0 Å². The zero-order chi connectivity index (χ0) is 12.9. The summed E-state index contributed by atoms with van der Waals surface area (Å²) in [5, 5.41) is 0. The zero-order valence-electron chi connectivity index (χ0n) is 12.0. The molecule has 17 heavy (non-hydrogen) atoms. The standard InChI is InChI=1S/C15H30O2/c1-4-5-6-7-8-9-10-11-12-17-15(16)13-14(2)3/h14H,4-13H2,1-3H3. The number of carbonyl (C=O) groups excluding carboxylic acids is 1. The van der Waals surface area contributed by atoms with Crippen LogP contribution in [-0.2, 0) is 9.53 Å². The largest absolute Gasteiger partial charge is 0.466 e. The molecule has 2 heteroatoms. The SMILES string of the molecule is CCCCCCCCCCOC(=O)CC(C)C. The van der Waals surface area contributed by atoms with Crippen molar-refractivity contribution < 1.29 is 9.53 Å². The number of ether oxygens (including phenoxy) is 1. The van der Waals surface area contributed by atoms with Gasteiger partial charge in [0.1, 0.15) is 0 Å². The molecule has 0 aromatic heterocycles. The fourth-order valence-electron chi connectivity index (χ4n) is 1.81. The van der Waals surface area contributed by atoms with Gasteiger partial charge >= 0.3 is 5.97 Å². The Morgan fingerprint density at radius 2 is 1.47 bits per heavy atom. The average Bonchev–Trinajstić information content (AvgIpc) is 2.26. The molecular formula is C15H30O2. The number of hydrogen-bond acceptors (Lipinski definition) is 2. The Bertz CT molecular complexity index is 176. The van der Waals surface area contributed by atoms with Gasteiger partial charge in [-0.15, -0.1) is 0 Å². The number of hydrogen-bond donors (Lipinski definition) is 0. The van der Waals surface area contributed by atoms with Crippen LogP contribution in [0.1, 0.15) is 78.6 Å². The lowest BCUT2D eigenvalue weighted by molar-refractivity contribution is -0.144. The van der Waals surface area contributed by atoms with Crippen molar-refractivity contribution in [3.8, 4) is 0 Å². The summed E-state index contributed by atoms with van der Waals surface area (Å²) in [6, 6.07) is 0. The van der Waals surface area contributed by atoms with E-state index in [9.17, 15) is 4.79 Å². The second-order valence-corrected chi connectivity index (χ2v) is 5.29. The molecule has 0 atom stereocenters. The van der Waals surface area contributed by atoms with Gasteiger partial charge in [0.15, 0.2) is 0 Å². The third-order valence-electron chi connectivity index (χ3n) is 2.84. The number of unbranched alkanes of at least 4 members (excludes halogenated alkanes) is 7. The number of esters is 1. The van der Waals surface area contributed by atoms with Crippen LogP contribution in [0.5, 0.6) is 0 Å². The van der Waals surface area contributed by atoms with Crippen LogP contribution in [0.15, 0.2) is 0 Å². The minimum absolute atomic E-state index is 0.0389. The summed E-state index contributed by atoms with van der Waals surface area (Å²) in [7, 11) is 0. The Labute approximate surface area is 107 Å². The summed E-state index contributed by atoms with van der Waals surface area (Å²) in [4.78, 5) is 11.2. The third-order valence-corrected chi connectivity index (χ3v) is 2.84. The summed E-state index contributed by atoms with van der Waals surface area (Å²) < 4.78 is 5.16. The first kappa shape index (κ1) is 16.5. The van der Waals surface area contributed by atoms with Gasteiger partial charge in [-0.25, -0.2) is 0 Å². The highest BCUT2D eigenvalue weighted by Gasteiger charge is 2.04. The molecule has 0 aromatic carbocycles. The van der Waals surface area contributed by atoms with E-state index in [0.717, 1.165) is 6.42 Å². The fourth-order valence-corrected chi connectivity index (χ4v) is 1.81. The predicted molar refractivity (Wildman–Crippen MR) is 73.0 cm³/mol. The summed E-state index contributed by atoms with van der Waals surface area (Å²) in [5.41, 5.74) is 0. The molecule has 0 aliphatic rings. The molecule has 0 aromatic rings. The van der Waals surface area contributed by atoms with Crippen molar-refractivity contribution >= 4 is 5.97 Å². The van der Waals surface area contributed by atoms with Crippen molar-refractivity contribution in [3.63, 3.8) is 0 Å². The highest BCUT2D eigenvalue weighted by molar-refractivity contribution is 5.69. The Balaban J connectivity index is 3.10. The van der Waals surface area contributed by atoms with E-state index in [1.54, 1.807) is 0 Å². The molecule has 0 amide bonds.